The van der Waals surface area contributed by atoms with Crippen LogP contribution in [0.4, 0.5) is 10.2 Å². The van der Waals surface area contributed by atoms with Crippen LogP contribution in [-0.2, 0) is 0 Å². The summed E-state index contributed by atoms with van der Waals surface area (Å²) >= 11 is 3.21. The maximum Gasteiger partial charge on any atom is 0.166 e. The molecule has 1 aromatic heterocycles. The van der Waals surface area contributed by atoms with Crippen LogP contribution in [-0.4, -0.2) is 17.1 Å². The van der Waals surface area contributed by atoms with Crippen LogP contribution in [0.3, 0.4) is 0 Å². The van der Waals surface area contributed by atoms with Gasteiger partial charge in [0.05, 0.1) is 5.54 Å². The maximum absolute atomic E-state index is 13.8. The highest BCUT2D eigenvalue weighted by Gasteiger charge is 2.37. The third kappa shape index (κ3) is 2.67. The fraction of sp³-hybridized carbons (Fsp3) is 0.615. The Morgan fingerprint density at radius 3 is 3.00 bits per heavy atom. The molecule has 0 amide bonds. The van der Waals surface area contributed by atoms with Crippen LogP contribution < -0.4 is 11.1 Å². The fourth-order valence-electron chi connectivity index (χ4n) is 2.70. The van der Waals surface area contributed by atoms with Gasteiger partial charge in [-0.05, 0) is 40.8 Å². The number of rotatable bonds is 3. The minimum absolute atomic E-state index is 0.222. The number of nitrogens with one attached hydrogen (secondary N) is 1. The van der Waals surface area contributed by atoms with E-state index in [1.54, 1.807) is 6.20 Å². The summed E-state index contributed by atoms with van der Waals surface area (Å²) in [5.41, 5.74) is 5.71. The zero-order valence-corrected chi connectivity index (χ0v) is 12.1. The molecule has 0 spiro atoms. The molecule has 3 nitrogen and oxygen atoms in total. The average molecular weight is 316 g/mol. The molecule has 18 heavy (non-hydrogen) atoms. The number of nitrogens with two attached hydrogens (primary N) is 1. The molecular weight excluding hydrogens is 297 g/mol. The molecule has 0 bridgehead atoms. The van der Waals surface area contributed by atoms with Gasteiger partial charge in [-0.25, -0.2) is 9.37 Å². The van der Waals surface area contributed by atoms with Gasteiger partial charge in [0.15, 0.2) is 11.6 Å². The van der Waals surface area contributed by atoms with Crippen molar-refractivity contribution in [1.29, 1.82) is 0 Å². The molecule has 0 aromatic carbocycles. The molecule has 2 unspecified atom stereocenters. The first-order valence-corrected chi connectivity index (χ1v) is 7.16. The van der Waals surface area contributed by atoms with Crippen LogP contribution >= 0.6 is 15.9 Å². The Bertz CT molecular complexity index is 427. The third-order valence-electron chi connectivity index (χ3n) is 3.99. The second kappa shape index (κ2) is 5.53. The van der Waals surface area contributed by atoms with Crippen molar-refractivity contribution < 1.29 is 4.39 Å². The largest absolute Gasteiger partial charge is 0.361 e. The first-order valence-electron chi connectivity index (χ1n) is 6.37. The molecule has 1 aliphatic rings. The van der Waals surface area contributed by atoms with E-state index in [4.69, 9.17) is 5.73 Å². The second-order valence-electron chi connectivity index (χ2n) is 5.12. The quantitative estimate of drug-likeness (QED) is 0.899. The SMILES string of the molecule is CC1CCCCC1(CN)Nc1ncc(Br)cc1F. The van der Waals surface area contributed by atoms with Gasteiger partial charge in [0.2, 0.25) is 0 Å². The molecule has 1 fully saturated rings. The Morgan fingerprint density at radius 1 is 1.61 bits per heavy atom. The summed E-state index contributed by atoms with van der Waals surface area (Å²) in [4.78, 5) is 4.11. The predicted octanol–water partition coefficient (Wildman–Crippen LogP) is 3.30. The molecule has 2 rings (SSSR count). The Labute approximate surface area is 115 Å². The number of hydrogen-bond donors (Lipinski definition) is 2. The number of aromatic nitrogens is 1. The second-order valence-corrected chi connectivity index (χ2v) is 6.03. The van der Waals surface area contributed by atoms with Gasteiger partial charge in [-0.1, -0.05) is 19.8 Å². The minimum Gasteiger partial charge on any atom is -0.361 e. The smallest absolute Gasteiger partial charge is 0.166 e. The van der Waals surface area contributed by atoms with Crippen molar-refractivity contribution in [3.05, 3.63) is 22.6 Å². The molecule has 1 heterocycles. The minimum atomic E-state index is -0.338. The van der Waals surface area contributed by atoms with Crippen molar-refractivity contribution in [2.75, 3.05) is 11.9 Å². The van der Waals surface area contributed by atoms with Gasteiger partial charge in [-0.3, -0.25) is 0 Å². The number of nitrogens with zero attached hydrogens (tertiary/aromatic N) is 1. The van der Waals surface area contributed by atoms with Crippen molar-refractivity contribution >= 4 is 21.7 Å². The Hall–Kier alpha value is -0.680. The van der Waals surface area contributed by atoms with Crippen molar-refractivity contribution in [2.24, 2.45) is 11.7 Å². The lowest BCUT2D eigenvalue weighted by molar-refractivity contribution is 0.234. The molecule has 3 N–H and O–H groups in total. The number of halogens is 2. The van der Waals surface area contributed by atoms with E-state index in [0.717, 1.165) is 19.3 Å². The Morgan fingerprint density at radius 2 is 2.39 bits per heavy atom. The standard InChI is InChI=1S/C13H19BrFN3/c1-9-4-2-3-5-13(9,8-16)18-12-11(15)6-10(14)7-17-12/h6-7,9H,2-5,8,16H2,1H3,(H,17,18). The molecule has 2 atom stereocenters. The van der Waals surface area contributed by atoms with E-state index in [-0.39, 0.29) is 11.4 Å². The number of anilines is 1. The first kappa shape index (κ1) is 13.7. The Kier molecular flexibility index (Phi) is 4.22. The van der Waals surface area contributed by atoms with Crippen molar-refractivity contribution in [3.63, 3.8) is 0 Å². The van der Waals surface area contributed by atoms with Gasteiger partial charge in [0, 0.05) is 17.2 Å². The van der Waals surface area contributed by atoms with Crippen LogP contribution in [0.5, 0.6) is 0 Å². The topological polar surface area (TPSA) is 50.9 Å². The Balaban J connectivity index is 2.24. The van der Waals surface area contributed by atoms with Crippen LogP contribution in [0.2, 0.25) is 0 Å². The van der Waals surface area contributed by atoms with Crippen LogP contribution in [0.1, 0.15) is 32.6 Å². The van der Waals surface area contributed by atoms with Gasteiger partial charge in [-0.2, -0.15) is 0 Å². The fourth-order valence-corrected chi connectivity index (χ4v) is 3.00. The van der Waals surface area contributed by atoms with Gasteiger partial charge < -0.3 is 11.1 Å². The summed E-state index contributed by atoms with van der Waals surface area (Å²) in [5.74, 6) is 0.397. The highest BCUT2D eigenvalue weighted by atomic mass is 79.9. The van der Waals surface area contributed by atoms with Gasteiger partial charge in [0.25, 0.3) is 0 Å². The lowest BCUT2D eigenvalue weighted by atomic mass is 9.73. The van der Waals surface area contributed by atoms with E-state index in [2.05, 4.69) is 33.2 Å². The van der Waals surface area contributed by atoms with Crippen LogP contribution in [0, 0.1) is 11.7 Å². The summed E-state index contributed by atoms with van der Waals surface area (Å²) < 4.78 is 14.5. The molecule has 0 radical (unpaired) electrons. The highest BCUT2D eigenvalue weighted by Crippen LogP contribution is 2.36. The molecule has 0 saturated heterocycles. The van der Waals surface area contributed by atoms with Crippen molar-refractivity contribution in [2.45, 2.75) is 38.1 Å². The van der Waals surface area contributed by atoms with Gasteiger partial charge >= 0.3 is 0 Å². The van der Waals surface area contributed by atoms with Crippen molar-refractivity contribution in [1.82, 2.24) is 4.98 Å². The molecule has 1 aliphatic carbocycles. The van der Waals surface area contributed by atoms with Crippen molar-refractivity contribution in [3.8, 4) is 0 Å². The molecular formula is C13H19BrFN3. The molecule has 100 valence electrons. The summed E-state index contributed by atoms with van der Waals surface area (Å²) in [6.45, 7) is 2.68. The van der Waals surface area contributed by atoms with E-state index in [0.29, 0.717) is 22.8 Å². The summed E-state index contributed by atoms with van der Waals surface area (Å²) in [6, 6.07) is 1.42. The lowest BCUT2D eigenvalue weighted by Crippen LogP contribution is -2.52. The summed E-state index contributed by atoms with van der Waals surface area (Å²) in [5, 5.41) is 3.26. The van der Waals surface area contributed by atoms with Crippen LogP contribution in [0.25, 0.3) is 0 Å². The third-order valence-corrected chi connectivity index (χ3v) is 4.43. The molecule has 1 saturated carbocycles. The van der Waals surface area contributed by atoms with Crippen LogP contribution in [0.15, 0.2) is 16.7 Å². The normalized spacial score (nSPS) is 28.1. The molecule has 1 aromatic rings. The van der Waals surface area contributed by atoms with E-state index in [1.165, 1.54) is 12.5 Å². The average Bonchev–Trinajstić information content (AvgIpc) is 2.35. The maximum atomic E-state index is 13.8. The summed E-state index contributed by atoms with van der Waals surface area (Å²) in [6.07, 6.45) is 6.06. The monoisotopic (exact) mass is 315 g/mol. The van der Waals surface area contributed by atoms with E-state index in [9.17, 15) is 4.39 Å². The highest BCUT2D eigenvalue weighted by molar-refractivity contribution is 9.10. The van der Waals surface area contributed by atoms with Gasteiger partial charge in [-0.15, -0.1) is 0 Å². The number of hydrogen-bond acceptors (Lipinski definition) is 3. The number of pyridine rings is 1. The predicted molar refractivity (Wildman–Crippen MR) is 74.9 cm³/mol. The van der Waals surface area contributed by atoms with E-state index >= 15 is 0 Å². The molecule has 5 heteroatoms. The zero-order chi connectivity index (χ0) is 13.2. The van der Waals surface area contributed by atoms with E-state index < -0.39 is 0 Å². The van der Waals surface area contributed by atoms with Gasteiger partial charge in [0.1, 0.15) is 0 Å². The first-order chi connectivity index (χ1) is 8.57. The molecule has 0 aliphatic heterocycles. The lowest BCUT2D eigenvalue weighted by Gasteiger charge is -2.43. The zero-order valence-electron chi connectivity index (χ0n) is 10.5. The summed E-state index contributed by atoms with van der Waals surface area (Å²) in [7, 11) is 0. The van der Waals surface area contributed by atoms with E-state index in [1.807, 2.05) is 0 Å².